The molecule has 3 aromatic heterocycles. The highest BCUT2D eigenvalue weighted by atomic mass is 16.5. The Labute approximate surface area is 201 Å². The molecule has 182 valence electrons. The quantitative estimate of drug-likeness (QED) is 0.392. The van der Waals surface area contributed by atoms with E-state index < -0.39 is 11.2 Å². The van der Waals surface area contributed by atoms with Gasteiger partial charge in [-0.1, -0.05) is 29.8 Å². The van der Waals surface area contributed by atoms with E-state index in [1.165, 1.54) is 4.57 Å². The Balaban J connectivity index is 1.73. The third-order valence-electron chi connectivity index (χ3n) is 6.26. The van der Waals surface area contributed by atoms with Crippen molar-refractivity contribution < 1.29 is 9.84 Å². The second-order valence-corrected chi connectivity index (χ2v) is 9.02. The van der Waals surface area contributed by atoms with E-state index in [4.69, 9.17) is 9.72 Å². The predicted molar refractivity (Wildman–Crippen MR) is 130 cm³/mol. The molecular formula is C25H28N6O4. The van der Waals surface area contributed by atoms with Gasteiger partial charge in [0.1, 0.15) is 0 Å². The number of aromatic nitrogens is 6. The van der Waals surface area contributed by atoms with Gasteiger partial charge in [0.2, 0.25) is 5.88 Å². The van der Waals surface area contributed by atoms with Crippen LogP contribution in [0.1, 0.15) is 30.4 Å². The highest BCUT2D eigenvalue weighted by molar-refractivity contribution is 5.77. The first kappa shape index (κ1) is 23.0. The number of hydrogen-bond donors (Lipinski definition) is 1. The smallest absolute Gasteiger partial charge is 0.332 e. The lowest BCUT2D eigenvalue weighted by Crippen LogP contribution is -2.39. The van der Waals surface area contributed by atoms with Crippen LogP contribution in [-0.2, 0) is 20.1 Å². The minimum absolute atomic E-state index is 0.115. The molecule has 0 bridgehead atoms. The molecule has 1 saturated carbocycles. The molecule has 0 spiro atoms. The number of ether oxygens (including phenoxy) is 1. The van der Waals surface area contributed by atoms with E-state index in [2.05, 4.69) is 9.97 Å². The number of aryl methyl sites for hydroxylation is 2. The fraction of sp³-hybridized carbons (Fsp3) is 0.400. The van der Waals surface area contributed by atoms with Crippen molar-refractivity contribution in [3.8, 4) is 17.4 Å². The standard InChI is InChI=1S/C25H28N6O4/c1-16-4-6-17(7-5-16)14-31-20-22(29(2)25(34)30(24(20)33)12-3-13-32)28-21(31)19-23(27-11-10-26-19)35-15-18-8-9-18/h4-7,10-11,18,32H,3,8-9,12-15H2,1-2H3. The van der Waals surface area contributed by atoms with Crippen molar-refractivity contribution in [2.24, 2.45) is 13.0 Å². The van der Waals surface area contributed by atoms with Crippen LogP contribution in [0.5, 0.6) is 5.88 Å². The summed E-state index contributed by atoms with van der Waals surface area (Å²) >= 11 is 0. The molecule has 0 amide bonds. The van der Waals surface area contributed by atoms with Crippen molar-refractivity contribution in [2.45, 2.75) is 39.3 Å². The largest absolute Gasteiger partial charge is 0.476 e. The lowest BCUT2D eigenvalue weighted by atomic mass is 10.1. The zero-order valence-electron chi connectivity index (χ0n) is 19.8. The molecule has 0 radical (unpaired) electrons. The number of hydrogen-bond acceptors (Lipinski definition) is 7. The summed E-state index contributed by atoms with van der Waals surface area (Å²) in [4.78, 5) is 40.1. The Morgan fingerprint density at radius 2 is 1.83 bits per heavy atom. The Bertz CT molecular complexity index is 1480. The average Bonchev–Trinajstić information content (AvgIpc) is 3.62. The summed E-state index contributed by atoms with van der Waals surface area (Å²) in [6, 6.07) is 8.02. The fourth-order valence-corrected chi connectivity index (χ4v) is 4.07. The van der Waals surface area contributed by atoms with Crippen molar-refractivity contribution in [3.05, 3.63) is 68.6 Å². The second-order valence-electron chi connectivity index (χ2n) is 9.02. The minimum atomic E-state index is -0.480. The van der Waals surface area contributed by atoms with Gasteiger partial charge in [-0.3, -0.25) is 13.9 Å². The molecule has 1 fully saturated rings. The zero-order valence-corrected chi connectivity index (χ0v) is 19.8. The van der Waals surface area contributed by atoms with E-state index in [-0.39, 0.29) is 18.8 Å². The molecule has 0 aliphatic heterocycles. The van der Waals surface area contributed by atoms with Crippen LogP contribution >= 0.6 is 0 Å². The van der Waals surface area contributed by atoms with Crippen LogP contribution in [0, 0.1) is 12.8 Å². The normalized spacial score (nSPS) is 13.5. The van der Waals surface area contributed by atoms with Gasteiger partial charge >= 0.3 is 5.69 Å². The summed E-state index contributed by atoms with van der Waals surface area (Å²) in [7, 11) is 1.59. The van der Waals surface area contributed by atoms with Crippen molar-refractivity contribution in [2.75, 3.05) is 13.2 Å². The van der Waals surface area contributed by atoms with Crippen LogP contribution in [0.15, 0.2) is 46.2 Å². The van der Waals surface area contributed by atoms with E-state index in [1.807, 2.05) is 31.2 Å². The summed E-state index contributed by atoms with van der Waals surface area (Å²) in [6.45, 7) is 2.90. The molecule has 10 heteroatoms. The first-order chi connectivity index (χ1) is 17.0. The van der Waals surface area contributed by atoms with Gasteiger partial charge in [0.15, 0.2) is 22.7 Å². The number of benzene rings is 1. The third kappa shape index (κ3) is 4.49. The van der Waals surface area contributed by atoms with Crippen molar-refractivity contribution >= 4 is 11.2 Å². The maximum atomic E-state index is 13.6. The van der Waals surface area contributed by atoms with Gasteiger partial charge in [-0.05, 0) is 37.7 Å². The predicted octanol–water partition coefficient (Wildman–Crippen LogP) is 1.88. The van der Waals surface area contributed by atoms with Gasteiger partial charge in [0.25, 0.3) is 5.56 Å². The molecule has 0 unspecified atom stereocenters. The topological polar surface area (TPSA) is 117 Å². The highest BCUT2D eigenvalue weighted by Crippen LogP contribution is 2.32. The Morgan fingerprint density at radius 1 is 1.09 bits per heavy atom. The van der Waals surface area contributed by atoms with Crippen molar-refractivity contribution in [3.63, 3.8) is 0 Å². The monoisotopic (exact) mass is 476 g/mol. The van der Waals surface area contributed by atoms with Gasteiger partial charge in [-0.15, -0.1) is 0 Å². The number of aliphatic hydroxyl groups excluding tert-OH is 1. The molecule has 5 rings (SSSR count). The van der Waals surface area contributed by atoms with Gasteiger partial charge in [0, 0.05) is 39.1 Å². The third-order valence-corrected chi connectivity index (χ3v) is 6.26. The Morgan fingerprint density at radius 3 is 2.54 bits per heavy atom. The number of rotatable bonds is 9. The van der Waals surface area contributed by atoms with Crippen LogP contribution < -0.4 is 16.0 Å². The van der Waals surface area contributed by atoms with Gasteiger partial charge in [-0.25, -0.2) is 19.7 Å². The summed E-state index contributed by atoms with van der Waals surface area (Å²) in [6.07, 6.45) is 5.70. The first-order valence-electron chi connectivity index (χ1n) is 11.8. The molecule has 0 saturated heterocycles. The lowest BCUT2D eigenvalue weighted by molar-refractivity contribution is 0.277. The maximum Gasteiger partial charge on any atom is 0.332 e. The van der Waals surface area contributed by atoms with Crippen LogP contribution in [0.3, 0.4) is 0 Å². The maximum absolute atomic E-state index is 13.6. The second kappa shape index (κ2) is 9.46. The first-order valence-corrected chi connectivity index (χ1v) is 11.8. The molecule has 0 atom stereocenters. The minimum Gasteiger partial charge on any atom is -0.476 e. The van der Waals surface area contributed by atoms with E-state index >= 15 is 0 Å². The number of fused-ring (bicyclic) bond motifs is 1. The summed E-state index contributed by atoms with van der Waals surface area (Å²) < 4.78 is 10.3. The van der Waals surface area contributed by atoms with Crippen LogP contribution in [0.25, 0.3) is 22.7 Å². The molecule has 4 aromatic rings. The Kier molecular flexibility index (Phi) is 6.21. The van der Waals surface area contributed by atoms with Crippen molar-refractivity contribution in [1.29, 1.82) is 0 Å². The molecule has 35 heavy (non-hydrogen) atoms. The SMILES string of the molecule is Cc1ccc(Cn2c(-c3nccnc3OCC3CC3)nc3c2c(=O)n(CCCO)c(=O)n3C)cc1. The van der Waals surface area contributed by atoms with Gasteiger partial charge in [0.05, 0.1) is 6.61 Å². The highest BCUT2D eigenvalue weighted by Gasteiger charge is 2.26. The number of nitrogens with zero attached hydrogens (tertiary/aromatic N) is 6. The summed E-state index contributed by atoms with van der Waals surface area (Å²) in [5.74, 6) is 1.28. The van der Waals surface area contributed by atoms with E-state index in [9.17, 15) is 14.7 Å². The average molecular weight is 477 g/mol. The summed E-state index contributed by atoms with van der Waals surface area (Å²) in [5.41, 5.74) is 2.14. The zero-order chi connectivity index (χ0) is 24.5. The number of aliphatic hydroxyl groups is 1. The van der Waals surface area contributed by atoms with Crippen molar-refractivity contribution in [1.82, 2.24) is 28.7 Å². The van der Waals surface area contributed by atoms with E-state index in [1.54, 1.807) is 24.0 Å². The molecule has 10 nitrogen and oxygen atoms in total. The molecule has 1 aliphatic carbocycles. The van der Waals surface area contributed by atoms with Crippen LogP contribution in [0.2, 0.25) is 0 Å². The van der Waals surface area contributed by atoms with Crippen LogP contribution in [0.4, 0.5) is 0 Å². The lowest BCUT2D eigenvalue weighted by Gasteiger charge is -2.13. The van der Waals surface area contributed by atoms with Gasteiger partial charge < -0.3 is 14.4 Å². The molecule has 1 aliphatic rings. The molecule has 1 aromatic carbocycles. The van der Waals surface area contributed by atoms with Crippen LogP contribution in [-0.4, -0.2) is 47.0 Å². The molecule has 1 N–H and O–H groups in total. The number of imidazole rings is 1. The van der Waals surface area contributed by atoms with E-state index in [0.717, 1.165) is 28.5 Å². The van der Waals surface area contributed by atoms with E-state index in [0.29, 0.717) is 48.4 Å². The van der Waals surface area contributed by atoms with Gasteiger partial charge in [-0.2, -0.15) is 0 Å². The Hall–Kier alpha value is -3.79. The fourth-order valence-electron chi connectivity index (χ4n) is 4.07. The summed E-state index contributed by atoms with van der Waals surface area (Å²) in [5, 5.41) is 9.27. The molecular weight excluding hydrogens is 448 g/mol. The molecule has 3 heterocycles.